The number of hydrogen-bond donors (Lipinski definition) is 0. The number of amides is 1. The molecule has 4 nitrogen and oxygen atoms in total. The average molecular weight is 258 g/mol. The van der Waals surface area contributed by atoms with Crippen LogP contribution in [0.3, 0.4) is 0 Å². The molecule has 1 saturated heterocycles. The number of carbonyl (C=O) groups is 1. The first kappa shape index (κ1) is 13.3. The summed E-state index contributed by atoms with van der Waals surface area (Å²) in [4.78, 5) is 15.7. The summed E-state index contributed by atoms with van der Waals surface area (Å²) in [6, 6.07) is 7.95. The van der Waals surface area contributed by atoms with E-state index in [4.69, 9.17) is 4.74 Å². The highest BCUT2D eigenvalue weighted by Crippen LogP contribution is 2.28. The zero-order valence-corrected chi connectivity index (χ0v) is 11.3. The lowest BCUT2D eigenvalue weighted by Crippen LogP contribution is -2.48. The van der Waals surface area contributed by atoms with E-state index in [0.717, 1.165) is 24.5 Å². The standard InChI is InChI=1S/C15H18N2O2/c1-3-6-15(18)17-11-9-16(10-12-17)13-7-4-5-8-14(13)19-2/h4-5,7-8H,9-12H2,1-2H3. The van der Waals surface area contributed by atoms with Crippen LogP contribution in [0.4, 0.5) is 5.69 Å². The van der Waals surface area contributed by atoms with Gasteiger partial charge in [0, 0.05) is 26.2 Å². The van der Waals surface area contributed by atoms with Crippen molar-refractivity contribution in [1.82, 2.24) is 4.90 Å². The van der Waals surface area contributed by atoms with E-state index in [2.05, 4.69) is 16.7 Å². The maximum absolute atomic E-state index is 11.7. The van der Waals surface area contributed by atoms with Gasteiger partial charge in [-0.15, -0.1) is 0 Å². The molecule has 4 heteroatoms. The summed E-state index contributed by atoms with van der Waals surface area (Å²) >= 11 is 0. The number of rotatable bonds is 2. The molecule has 1 aliphatic heterocycles. The molecule has 0 spiro atoms. The number of benzene rings is 1. The zero-order chi connectivity index (χ0) is 13.7. The van der Waals surface area contributed by atoms with Gasteiger partial charge in [-0.25, -0.2) is 0 Å². The molecule has 1 aromatic carbocycles. The van der Waals surface area contributed by atoms with Crippen molar-refractivity contribution in [2.75, 3.05) is 38.2 Å². The molecular weight excluding hydrogens is 240 g/mol. The summed E-state index contributed by atoms with van der Waals surface area (Å²) in [5, 5.41) is 0. The van der Waals surface area contributed by atoms with Gasteiger partial charge in [-0.05, 0) is 25.0 Å². The molecule has 0 atom stereocenters. The van der Waals surface area contributed by atoms with E-state index in [-0.39, 0.29) is 5.91 Å². The average Bonchev–Trinajstić information content (AvgIpc) is 2.47. The fraction of sp³-hybridized carbons (Fsp3) is 0.400. The van der Waals surface area contributed by atoms with Crippen molar-refractivity contribution in [2.24, 2.45) is 0 Å². The molecule has 1 heterocycles. The molecule has 19 heavy (non-hydrogen) atoms. The number of piperazine rings is 1. The number of nitrogens with zero attached hydrogens (tertiary/aromatic N) is 2. The van der Waals surface area contributed by atoms with E-state index >= 15 is 0 Å². The van der Waals surface area contributed by atoms with E-state index in [1.165, 1.54) is 0 Å². The molecule has 2 rings (SSSR count). The lowest BCUT2D eigenvalue weighted by molar-refractivity contribution is -0.125. The van der Waals surface area contributed by atoms with Gasteiger partial charge in [0.05, 0.1) is 12.8 Å². The van der Waals surface area contributed by atoms with Crippen LogP contribution in [0.1, 0.15) is 6.92 Å². The fourth-order valence-electron chi connectivity index (χ4n) is 2.23. The van der Waals surface area contributed by atoms with Crippen LogP contribution in [0.2, 0.25) is 0 Å². The Hall–Kier alpha value is -2.15. The molecule has 100 valence electrons. The minimum Gasteiger partial charge on any atom is -0.495 e. The summed E-state index contributed by atoms with van der Waals surface area (Å²) in [6.45, 7) is 4.69. The monoisotopic (exact) mass is 258 g/mol. The van der Waals surface area contributed by atoms with Gasteiger partial charge in [-0.2, -0.15) is 0 Å². The molecule has 0 N–H and O–H groups in total. The summed E-state index contributed by atoms with van der Waals surface area (Å²) < 4.78 is 5.37. The van der Waals surface area contributed by atoms with E-state index in [0.29, 0.717) is 13.1 Å². The first-order valence-electron chi connectivity index (χ1n) is 6.36. The maximum Gasteiger partial charge on any atom is 0.298 e. The lowest BCUT2D eigenvalue weighted by atomic mass is 10.2. The van der Waals surface area contributed by atoms with E-state index < -0.39 is 0 Å². The van der Waals surface area contributed by atoms with Gasteiger partial charge < -0.3 is 14.5 Å². The Labute approximate surface area is 114 Å². The first-order valence-corrected chi connectivity index (χ1v) is 6.36. The minimum absolute atomic E-state index is 0.0813. The largest absolute Gasteiger partial charge is 0.495 e. The summed E-state index contributed by atoms with van der Waals surface area (Å²) in [5.41, 5.74) is 1.08. The van der Waals surface area contributed by atoms with Crippen molar-refractivity contribution < 1.29 is 9.53 Å². The van der Waals surface area contributed by atoms with Crippen molar-refractivity contribution in [1.29, 1.82) is 0 Å². The van der Waals surface area contributed by atoms with Gasteiger partial charge in [0.1, 0.15) is 5.75 Å². The molecule has 0 radical (unpaired) electrons. The van der Waals surface area contributed by atoms with Crippen LogP contribution in [0.5, 0.6) is 5.75 Å². The Morgan fingerprint density at radius 2 is 1.89 bits per heavy atom. The quantitative estimate of drug-likeness (QED) is 0.751. The highest BCUT2D eigenvalue weighted by molar-refractivity contribution is 5.93. The minimum atomic E-state index is -0.0813. The van der Waals surface area contributed by atoms with Crippen molar-refractivity contribution in [3.05, 3.63) is 24.3 Å². The molecule has 0 saturated carbocycles. The summed E-state index contributed by atoms with van der Waals surface area (Å²) in [7, 11) is 1.68. The maximum atomic E-state index is 11.7. The Morgan fingerprint density at radius 1 is 1.21 bits per heavy atom. The van der Waals surface area contributed by atoms with Gasteiger partial charge in [0.2, 0.25) is 0 Å². The van der Waals surface area contributed by atoms with Crippen molar-refractivity contribution in [3.63, 3.8) is 0 Å². The SMILES string of the molecule is CC#CC(=O)N1CCN(c2ccccc2OC)CC1. The number of hydrogen-bond acceptors (Lipinski definition) is 3. The van der Waals surface area contributed by atoms with Crippen LogP contribution < -0.4 is 9.64 Å². The highest BCUT2D eigenvalue weighted by Gasteiger charge is 2.21. The van der Waals surface area contributed by atoms with Gasteiger partial charge in [-0.1, -0.05) is 18.1 Å². The highest BCUT2D eigenvalue weighted by atomic mass is 16.5. The van der Waals surface area contributed by atoms with Crippen molar-refractivity contribution >= 4 is 11.6 Å². The molecule has 0 aliphatic carbocycles. The Morgan fingerprint density at radius 3 is 2.53 bits per heavy atom. The number of carbonyl (C=O) groups excluding carboxylic acids is 1. The third-order valence-corrected chi connectivity index (χ3v) is 3.22. The predicted molar refractivity (Wildman–Crippen MR) is 75.2 cm³/mol. The molecule has 1 aromatic rings. The number of ether oxygens (including phenoxy) is 1. The van der Waals surface area contributed by atoms with Crippen LogP contribution >= 0.6 is 0 Å². The third-order valence-electron chi connectivity index (χ3n) is 3.22. The van der Waals surface area contributed by atoms with E-state index in [9.17, 15) is 4.79 Å². The summed E-state index contributed by atoms with van der Waals surface area (Å²) in [6.07, 6.45) is 0. The Bertz CT molecular complexity index is 508. The molecule has 0 bridgehead atoms. The van der Waals surface area contributed by atoms with Crippen molar-refractivity contribution in [3.8, 4) is 17.6 Å². The molecule has 1 aliphatic rings. The molecule has 0 unspecified atom stereocenters. The molecule has 1 amide bonds. The second-order valence-electron chi connectivity index (χ2n) is 4.33. The van der Waals surface area contributed by atoms with Crippen LogP contribution in [-0.2, 0) is 4.79 Å². The number of anilines is 1. The number of methoxy groups -OCH3 is 1. The number of para-hydroxylation sites is 2. The van der Waals surface area contributed by atoms with Gasteiger partial charge in [-0.3, -0.25) is 4.79 Å². The smallest absolute Gasteiger partial charge is 0.298 e. The van der Waals surface area contributed by atoms with E-state index in [1.54, 1.807) is 18.9 Å². The molecule has 1 fully saturated rings. The van der Waals surface area contributed by atoms with E-state index in [1.807, 2.05) is 24.3 Å². The third kappa shape index (κ3) is 3.00. The fourth-order valence-corrected chi connectivity index (χ4v) is 2.23. The van der Waals surface area contributed by atoms with Crippen LogP contribution in [-0.4, -0.2) is 44.1 Å². The Kier molecular flexibility index (Phi) is 4.30. The van der Waals surface area contributed by atoms with Gasteiger partial charge in [0.25, 0.3) is 5.91 Å². The zero-order valence-electron chi connectivity index (χ0n) is 11.3. The molecule has 0 aromatic heterocycles. The Balaban J connectivity index is 2.03. The van der Waals surface area contributed by atoms with Gasteiger partial charge in [0.15, 0.2) is 0 Å². The lowest BCUT2D eigenvalue weighted by Gasteiger charge is -2.35. The topological polar surface area (TPSA) is 32.8 Å². The first-order chi connectivity index (χ1) is 9.26. The second kappa shape index (κ2) is 6.14. The normalized spacial score (nSPS) is 14.6. The van der Waals surface area contributed by atoms with Crippen molar-refractivity contribution in [2.45, 2.75) is 6.92 Å². The molecular formula is C15H18N2O2. The van der Waals surface area contributed by atoms with Crippen LogP contribution in [0, 0.1) is 11.8 Å². The summed E-state index contributed by atoms with van der Waals surface area (Å²) in [5.74, 6) is 6.03. The van der Waals surface area contributed by atoms with Crippen LogP contribution in [0.15, 0.2) is 24.3 Å². The predicted octanol–water partition coefficient (Wildman–Crippen LogP) is 1.37. The van der Waals surface area contributed by atoms with Crippen LogP contribution in [0.25, 0.3) is 0 Å². The second-order valence-corrected chi connectivity index (χ2v) is 4.33. The van der Waals surface area contributed by atoms with Gasteiger partial charge >= 0.3 is 0 Å².